The summed E-state index contributed by atoms with van der Waals surface area (Å²) in [5, 5.41) is 2.80. The Bertz CT molecular complexity index is 231. The summed E-state index contributed by atoms with van der Waals surface area (Å²) in [6.45, 7) is 9.11. The molecule has 1 rings (SSSR count). The summed E-state index contributed by atoms with van der Waals surface area (Å²) in [6.07, 6.45) is 0. The lowest BCUT2D eigenvalue weighted by Gasteiger charge is -2.09. The molecule has 0 bridgehead atoms. The summed E-state index contributed by atoms with van der Waals surface area (Å²) >= 11 is 0. The summed E-state index contributed by atoms with van der Waals surface area (Å²) in [4.78, 5) is 0. The first-order chi connectivity index (χ1) is 5.61. The molecular formula is C10H15P2. The number of rotatable bonds is 2. The van der Waals surface area contributed by atoms with Crippen molar-refractivity contribution in [3.05, 3.63) is 24.3 Å². The molecule has 0 aliphatic carbocycles. The largest absolute Gasteiger partial charge is 0.0810 e. The monoisotopic (exact) mass is 197 g/mol. The average molecular weight is 197 g/mol. The van der Waals surface area contributed by atoms with Gasteiger partial charge in [0.25, 0.3) is 0 Å². The zero-order chi connectivity index (χ0) is 9.14. The van der Waals surface area contributed by atoms with E-state index in [-0.39, 0.29) is 15.8 Å². The van der Waals surface area contributed by atoms with Crippen LogP contribution in [-0.4, -0.2) is 26.7 Å². The Kier molecular flexibility index (Phi) is 3.69. The molecule has 12 heavy (non-hydrogen) atoms. The van der Waals surface area contributed by atoms with Gasteiger partial charge in [0.15, 0.2) is 0 Å². The number of benzene rings is 1. The molecule has 0 saturated heterocycles. The highest BCUT2D eigenvalue weighted by Gasteiger charge is 2.02. The normalized spacial score (nSPS) is 11.2. The van der Waals surface area contributed by atoms with Crippen molar-refractivity contribution in [2.45, 2.75) is 0 Å². The predicted octanol–water partition coefficient (Wildman–Crippen LogP) is 2.22. The van der Waals surface area contributed by atoms with Gasteiger partial charge in [0.2, 0.25) is 0 Å². The van der Waals surface area contributed by atoms with Crippen molar-refractivity contribution in [1.82, 2.24) is 0 Å². The van der Waals surface area contributed by atoms with E-state index in [1.54, 1.807) is 0 Å². The smallest absolute Gasteiger partial charge is 0.00175 e. The Balaban J connectivity index is 2.96. The zero-order valence-corrected chi connectivity index (χ0v) is 9.92. The van der Waals surface area contributed by atoms with Crippen LogP contribution in [0.1, 0.15) is 0 Å². The Labute approximate surface area is 77.9 Å². The Morgan fingerprint density at radius 1 is 0.917 bits per heavy atom. The van der Waals surface area contributed by atoms with Crippen LogP contribution in [0.2, 0.25) is 0 Å². The second-order valence-electron chi connectivity index (χ2n) is 3.21. The van der Waals surface area contributed by atoms with Crippen molar-refractivity contribution >= 4 is 26.5 Å². The van der Waals surface area contributed by atoms with E-state index >= 15 is 0 Å². The average Bonchev–Trinajstić information content (AvgIpc) is 2.04. The molecule has 1 aromatic carbocycles. The van der Waals surface area contributed by atoms with E-state index < -0.39 is 0 Å². The van der Waals surface area contributed by atoms with Crippen molar-refractivity contribution in [2.24, 2.45) is 0 Å². The fourth-order valence-corrected chi connectivity index (χ4v) is 2.51. The molecule has 0 aromatic heterocycles. The SMILES string of the molecule is CP(C)c1[c]c(P(C)C)ccc1. The summed E-state index contributed by atoms with van der Waals surface area (Å²) < 4.78 is 0. The Hall–Kier alpha value is 0.0800. The van der Waals surface area contributed by atoms with Gasteiger partial charge in [-0.3, -0.25) is 0 Å². The van der Waals surface area contributed by atoms with Crippen LogP contribution in [0.15, 0.2) is 18.2 Å². The maximum absolute atomic E-state index is 3.50. The van der Waals surface area contributed by atoms with E-state index in [0.29, 0.717) is 0 Å². The first-order valence-electron chi connectivity index (χ1n) is 3.98. The van der Waals surface area contributed by atoms with E-state index in [1.165, 1.54) is 10.6 Å². The van der Waals surface area contributed by atoms with Gasteiger partial charge in [-0.25, -0.2) is 0 Å². The summed E-state index contributed by atoms with van der Waals surface area (Å²) in [6, 6.07) is 10.0. The molecule has 0 aliphatic heterocycles. The highest BCUT2D eigenvalue weighted by molar-refractivity contribution is 7.65. The molecule has 1 radical (unpaired) electrons. The molecule has 2 heteroatoms. The van der Waals surface area contributed by atoms with Crippen molar-refractivity contribution in [3.8, 4) is 0 Å². The van der Waals surface area contributed by atoms with E-state index in [2.05, 4.69) is 50.9 Å². The van der Waals surface area contributed by atoms with E-state index in [9.17, 15) is 0 Å². The highest BCUT2D eigenvalue weighted by atomic mass is 31.1. The minimum absolute atomic E-state index is 0.0183. The van der Waals surface area contributed by atoms with E-state index in [4.69, 9.17) is 0 Å². The van der Waals surface area contributed by atoms with Crippen LogP contribution in [0.4, 0.5) is 0 Å². The predicted molar refractivity (Wildman–Crippen MR) is 62.1 cm³/mol. The number of hydrogen-bond donors (Lipinski definition) is 0. The van der Waals surface area contributed by atoms with Crippen LogP contribution in [-0.2, 0) is 0 Å². The van der Waals surface area contributed by atoms with E-state index in [0.717, 1.165) is 0 Å². The molecule has 0 spiro atoms. The van der Waals surface area contributed by atoms with Crippen molar-refractivity contribution in [2.75, 3.05) is 26.7 Å². The van der Waals surface area contributed by atoms with Crippen LogP contribution >= 0.6 is 15.8 Å². The van der Waals surface area contributed by atoms with Gasteiger partial charge in [-0.15, -0.1) is 0 Å². The van der Waals surface area contributed by atoms with Crippen LogP contribution in [0, 0.1) is 6.07 Å². The van der Waals surface area contributed by atoms with Gasteiger partial charge in [-0.1, -0.05) is 34.0 Å². The van der Waals surface area contributed by atoms with Crippen LogP contribution < -0.4 is 10.6 Å². The maximum Gasteiger partial charge on any atom is -0.00175 e. The maximum atomic E-state index is 3.50. The lowest BCUT2D eigenvalue weighted by Crippen LogP contribution is -2.09. The Morgan fingerprint density at radius 3 is 1.67 bits per heavy atom. The van der Waals surface area contributed by atoms with Gasteiger partial charge in [0.1, 0.15) is 0 Å². The molecule has 0 heterocycles. The van der Waals surface area contributed by atoms with Crippen molar-refractivity contribution < 1.29 is 0 Å². The number of hydrogen-bond acceptors (Lipinski definition) is 0. The third-order valence-corrected chi connectivity index (χ3v) is 4.18. The molecule has 1 aromatic rings. The minimum Gasteiger partial charge on any atom is -0.0810 e. The molecule has 0 nitrogen and oxygen atoms in total. The molecule has 0 saturated carbocycles. The van der Waals surface area contributed by atoms with E-state index in [1.807, 2.05) is 0 Å². The lowest BCUT2D eigenvalue weighted by molar-refractivity contribution is 1.81. The third kappa shape index (κ3) is 2.54. The van der Waals surface area contributed by atoms with Crippen molar-refractivity contribution in [3.63, 3.8) is 0 Å². The molecule has 0 fully saturated rings. The molecule has 0 atom stereocenters. The van der Waals surface area contributed by atoms with Crippen LogP contribution in [0.5, 0.6) is 0 Å². The molecule has 0 amide bonds. The molecular weight excluding hydrogens is 182 g/mol. The highest BCUT2D eigenvalue weighted by Crippen LogP contribution is 2.26. The van der Waals surface area contributed by atoms with Crippen molar-refractivity contribution in [1.29, 1.82) is 0 Å². The lowest BCUT2D eigenvalue weighted by atomic mass is 10.4. The first-order valence-corrected chi connectivity index (χ1v) is 8.45. The molecule has 0 N–H and O–H groups in total. The Morgan fingerprint density at radius 2 is 1.33 bits per heavy atom. The van der Waals surface area contributed by atoms with Gasteiger partial charge < -0.3 is 0 Å². The van der Waals surface area contributed by atoms with Gasteiger partial charge in [-0.2, -0.15) is 0 Å². The minimum atomic E-state index is 0.0183. The quantitative estimate of drug-likeness (QED) is 0.638. The summed E-state index contributed by atoms with van der Waals surface area (Å²) in [7, 11) is 0.0365. The topological polar surface area (TPSA) is 0 Å². The van der Waals surface area contributed by atoms with Crippen LogP contribution in [0.3, 0.4) is 0 Å². The summed E-state index contributed by atoms with van der Waals surface area (Å²) in [5.41, 5.74) is 0. The van der Waals surface area contributed by atoms with Gasteiger partial charge in [0.05, 0.1) is 0 Å². The summed E-state index contributed by atoms with van der Waals surface area (Å²) in [5.74, 6) is 0. The van der Waals surface area contributed by atoms with Gasteiger partial charge >= 0.3 is 0 Å². The van der Waals surface area contributed by atoms with Crippen LogP contribution in [0.25, 0.3) is 0 Å². The second kappa shape index (κ2) is 4.35. The third-order valence-electron chi connectivity index (χ3n) is 1.73. The van der Waals surface area contributed by atoms with Gasteiger partial charge in [-0.05, 0) is 43.3 Å². The zero-order valence-electron chi connectivity index (χ0n) is 8.13. The fraction of sp³-hybridized carbons (Fsp3) is 0.400. The standard InChI is InChI=1S/C10H15P2/c1-11(2)9-6-5-7-10(8-9)12(3)4/h5-7H,1-4H3. The first kappa shape index (κ1) is 10.2. The second-order valence-corrected chi connectivity index (χ2v) is 7.75. The molecule has 65 valence electrons. The van der Waals surface area contributed by atoms with Gasteiger partial charge in [0, 0.05) is 0 Å². The molecule has 0 aliphatic rings. The fourth-order valence-electron chi connectivity index (χ4n) is 0.967. The molecule has 0 unspecified atom stereocenters.